The average Bonchev–Trinajstić information content (AvgIpc) is 3.09. The Morgan fingerprint density at radius 2 is 1.69 bits per heavy atom. The number of benzene rings is 1. The van der Waals surface area contributed by atoms with E-state index in [0.29, 0.717) is 19.5 Å². The quantitative estimate of drug-likeness (QED) is 0.427. The van der Waals surface area contributed by atoms with Crippen molar-refractivity contribution in [3.8, 4) is 0 Å². The largest absolute Gasteiger partial charge is 0.348 e. The van der Waals surface area contributed by atoms with Crippen LogP contribution >= 0.6 is 0 Å². The summed E-state index contributed by atoms with van der Waals surface area (Å²) in [6.45, 7) is 6.69. The monoisotopic (exact) mass is 469 g/mol. The van der Waals surface area contributed by atoms with E-state index in [1.165, 1.54) is 0 Å². The summed E-state index contributed by atoms with van der Waals surface area (Å²) in [6.07, 6.45) is 4.80. The normalized spacial score (nSPS) is 11.0. The van der Waals surface area contributed by atoms with E-state index in [2.05, 4.69) is 32.1 Å². The fourth-order valence-electron chi connectivity index (χ4n) is 4.46. The third-order valence-electron chi connectivity index (χ3n) is 6.52. The lowest BCUT2D eigenvalue weighted by atomic mass is 10.0. The topological polar surface area (TPSA) is 81.8 Å². The van der Waals surface area contributed by atoms with E-state index in [9.17, 15) is 9.59 Å². The molecule has 0 aliphatic heterocycles. The zero-order valence-electron chi connectivity index (χ0n) is 20.7. The summed E-state index contributed by atoms with van der Waals surface area (Å²) in [5.74, 6) is -0.357. The van der Waals surface area contributed by atoms with Gasteiger partial charge in [0.25, 0.3) is 5.91 Å². The molecule has 0 bridgehead atoms. The van der Waals surface area contributed by atoms with E-state index >= 15 is 0 Å². The van der Waals surface area contributed by atoms with Crippen LogP contribution in [-0.2, 0) is 33.0 Å². The van der Waals surface area contributed by atoms with Crippen LogP contribution in [-0.4, -0.2) is 25.2 Å². The van der Waals surface area contributed by atoms with Crippen molar-refractivity contribution < 1.29 is 4.79 Å². The number of aryl methyl sites for hydroxylation is 4. The molecule has 180 valence electrons. The van der Waals surface area contributed by atoms with Gasteiger partial charge in [0.15, 0.2) is 5.43 Å². The number of aromatic nitrogens is 4. The summed E-state index contributed by atoms with van der Waals surface area (Å²) in [7, 11) is 1.88. The average molecular weight is 470 g/mol. The van der Waals surface area contributed by atoms with E-state index in [1.807, 2.05) is 58.2 Å². The molecule has 0 unspecified atom stereocenters. The number of nitrogens with one attached hydrogen (secondary N) is 1. The van der Waals surface area contributed by atoms with Gasteiger partial charge in [-0.2, -0.15) is 5.10 Å². The van der Waals surface area contributed by atoms with Gasteiger partial charge in [0.05, 0.1) is 5.69 Å². The predicted molar refractivity (Wildman–Crippen MR) is 136 cm³/mol. The van der Waals surface area contributed by atoms with Gasteiger partial charge in [0, 0.05) is 61.2 Å². The van der Waals surface area contributed by atoms with Crippen LogP contribution in [0.25, 0.3) is 0 Å². The third-order valence-corrected chi connectivity index (χ3v) is 6.52. The maximum atomic E-state index is 13.5. The first-order chi connectivity index (χ1) is 16.8. The van der Waals surface area contributed by atoms with Gasteiger partial charge in [-0.3, -0.25) is 19.3 Å². The van der Waals surface area contributed by atoms with Gasteiger partial charge in [-0.05, 0) is 56.9 Å². The molecule has 4 aromatic rings. The van der Waals surface area contributed by atoms with Gasteiger partial charge in [0.2, 0.25) is 0 Å². The van der Waals surface area contributed by atoms with Crippen LogP contribution < -0.4 is 10.7 Å². The minimum atomic E-state index is -0.357. The Morgan fingerprint density at radius 1 is 0.971 bits per heavy atom. The van der Waals surface area contributed by atoms with E-state index in [1.54, 1.807) is 23.1 Å². The van der Waals surface area contributed by atoms with Gasteiger partial charge in [-0.25, -0.2) is 0 Å². The number of carbonyl (C=O) groups excluding carboxylic acids is 1. The first-order valence-electron chi connectivity index (χ1n) is 11.8. The van der Waals surface area contributed by atoms with Crippen molar-refractivity contribution in [3.05, 3.63) is 116 Å². The lowest BCUT2D eigenvalue weighted by Gasteiger charge is -2.20. The second kappa shape index (κ2) is 10.5. The van der Waals surface area contributed by atoms with Gasteiger partial charge in [-0.15, -0.1) is 0 Å². The van der Waals surface area contributed by atoms with Crippen LogP contribution in [0.15, 0.2) is 65.7 Å². The van der Waals surface area contributed by atoms with Crippen LogP contribution in [0.4, 0.5) is 0 Å². The zero-order chi connectivity index (χ0) is 24.9. The van der Waals surface area contributed by atoms with Gasteiger partial charge in [-0.1, -0.05) is 30.3 Å². The predicted octanol–water partition coefficient (Wildman–Crippen LogP) is 3.67. The number of hydrogen-bond donors (Lipinski definition) is 1. The molecule has 1 N–H and O–H groups in total. The molecule has 1 aromatic carbocycles. The molecule has 7 nitrogen and oxygen atoms in total. The summed E-state index contributed by atoms with van der Waals surface area (Å²) in [5.41, 5.74) is 6.56. The fraction of sp³-hybridized carbons (Fsp3) is 0.286. The highest BCUT2D eigenvalue weighted by molar-refractivity contribution is 5.95. The molecule has 4 rings (SSSR count). The lowest BCUT2D eigenvalue weighted by Crippen LogP contribution is -2.33. The molecule has 0 saturated carbocycles. The van der Waals surface area contributed by atoms with Crippen molar-refractivity contribution in [1.82, 2.24) is 24.6 Å². The van der Waals surface area contributed by atoms with Crippen LogP contribution in [0.2, 0.25) is 0 Å². The number of hydrogen-bond acceptors (Lipinski definition) is 4. The van der Waals surface area contributed by atoms with Crippen molar-refractivity contribution in [2.24, 2.45) is 7.05 Å². The molecule has 0 radical (unpaired) electrons. The Kier molecular flexibility index (Phi) is 7.25. The van der Waals surface area contributed by atoms with Crippen molar-refractivity contribution in [2.75, 3.05) is 0 Å². The Morgan fingerprint density at radius 3 is 2.34 bits per heavy atom. The minimum Gasteiger partial charge on any atom is -0.348 e. The summed E-state index contributed by atoms with van der Waals surface area (Å²) >= 11 is 0. The summed E-state index contributed by atoms with van der Waals surface area (Å²) in [5, 5.41) is 7.41. The lowest BCUT2D eigenvalue weighted by molar-refractivity contribution is 0.0947. The SMILES string of the molecule is Cc1nn(C)c(C)c1CNC(=O)c1c(CCc2ccccc2)n(Cc2ccncc2)c(C)cc1=O. The summed E-state index contributed by atoms with van der Waals surface area (Å²) < 4.78 is 3.88. The maximum absolute atomic E-state index is 13.5. The molecular formula is C28H31N5O2. The summed E-state index contributed by atoms with van der Waals surface area (Å²) in [6, 6.07) is 15.6. The van der Waals surface area contributed by atoms with Crippen molar-refractivity contribution in [2.45, 2.75) is 46.7 Å². The van der Waals surface area contributed by atoms with E-state index in [-0.39, 0.29) is 16.9 Å². The van der Waals surface area contributed by atoms with E-state index in [4.69, 9.17) is 0 Å². The Bertz CT molecular complexity index is 1390. The molecule has 1 amide bonds. The third kappa shape index (κ3) is 5.40. The molecule has 0 atom stereocenters. The summed E-state index contributed by atoms with van der Waals surface area (Å²) in [4.78, 5) is 30.7. The molecule has 7 heteroatoms. The van der Waals surface area contributed by atoms with Gasteiger partial charge in [0.1, 0.15) is 5.56 Å². The van der Waals surface area contributed by atoms with Gasteiger partial charge >= 0.3 is 0 Å². The first-order valence-corrected chi connectivity index (χ1v) is 11.8. The van der Waals surface area contributed by atoms with E-state index in [0.717, 1.165) is 45.9 Å². The highest BCUT2D eigenvalue weighted by Gasteiger charge is 2.21. The Balaban J connectivity index is 1.71. The van der Waals surface area contributed by atoms with Gasteiger partial charge < -0.3 is 9.88 Å². The molecule has 35 heavy (non-hydrogen) atoms. The molecule has 3 aromatic heterocycles. The molecule has 0 saturated heterocycles. The van der Waals surface area contributed by atoms with Crippen LogP contribution in [0.5, 0.6) is 0 Å². The van der Waals surface area contributed by atoms with Crippen LogP contribution in [0, 0.1) is 20.8 Å². The van der Waals surface area contributed by atoms with Crippen molar-refractivity contribution in [3.63, 3.8) is 0 Å². The van der Waals surface area contributed by atoms with E-state index < -0.39 is 0 Å². The number of pyridine rings is 2. The number of carbonyl (C=O) groups is 1. The van der Waals surface area contributed by atoms with Crippen LogP contribution in [0.3, 0.4) is 0 Å². The molecule has 0 aliphatic carbocycles. The molecule has 3 heterocycles. The number of amides is 1. The highest BCUT2D eigenvalue weighted by atomic mass is 16.2. The van der Waals surface area contributed by atoms with Crippen LogP contribution in [0.1, 0.15) is 49.8 Å². The van der Waals surface area contributed by atoms with Crippen molar-refractivity contribution >= 4 is 5.91 Å². The van der Waals surface area contributed by atoms with Crippen molar-refractivity contribution in [1.29, 1.82) is 0 Å². The number of nitrogens with zero attached hydrogens (tertiary/aromatic N) is 4. The second-order valence-electron chi connectivity index (χ2n) is 8.85. The zero-order valence-corrected chi connectivity index (χ0v) is 20.7. The standard InChI is InChI=1S/C28H31N5O2/c1-19-16-26(34)27(28(35)30-17-24-20(2)31-32(4)21(24)3)25(11-10-22-8-6-5-7-9-22)33(19)18-23-12-14-29-15-13-23/h5-9,12-16H,10-11,17-18H2,1-4H3,(H,30,35). The number of rotatable bonds is 8. The molecule has 0 fully saturated rings. The highest BCUT2D eigenvalue weighted by Crippen LogP contribution is 2.17. The Labute approximate surface area is 205 Å². The smallest absolute Gasteiger partial charge is 0.257 e. The minimum absolute atomic E-state index is 0.208. The Hall–Kier alpha value is -4.00. The maximum Gasteiger partial charge on any atom is 0.257 e. The second-order valence-corrected chi connectivity index (χ2v) is 8.85. The fourth-order valence-corrected chi connectivity index (χ4v) is 4.46. The molecule has 0 spiro atoms. The molecular weight excluding hydrogens is 438 g/mol. The first kappa shape index (κ1) is 24.1. The molecule has 0 aliphatic rings.